The summed E-state index contributed by atoms with van der Waals surface area (Å²) in [7, 11) is 0. The smallest absolute Gasteiger partial charge is 0.330 e. The van der Waals surface area contributed by atoms with Crippen LogP contribution in [0.5, 0.6) is 5.75 Å². The fraction of sp³-hybridized carbons (Fsp3) is 0.556. The summed E-state index contributed by atoms with van der Waals surface area (Å²) in [6.07, 6.45) is 0. The van der Waals surface area contributed by atoms with Gasteiger partial charge >= 0.3 is 11.9 Å². The molecule has 0 saturated heterocycles. The molecule has 0 spiro atoms. The summed E-state index contributed by atoms with van der Waals surface area (Å²) >= 11 is 0. The Morgan fingerprint density at radius 2 is 1.86 bits per heavy atom. The molecule has 0 radical (unpaired) electrons. The Morgan fingerprint density at radius 1 is 1.23 bits per heavy atom. The molecule has 1 aliphatic heterocycles. The van der Waals surface area contributed by atoms with Crippen LogP contribution in [0.1, 0.15) is 46.1 Å². The predicted molar refractivity (Wildman–Crippen MR) is 81.4 cm³/mol. The maximum Gasteiger partial charge on any atom is 0.330 e. The van der Waals surface area contributed by atoms with Gasteiger partial charge in [0.2, 0.25) is 0 Å². The van der Waals surface area contributed by atoms with Crippen molar-refractivity contribution in [1.82, 2.24) is 0 Å². The first kappa shape index (κ1) is 15.1. The van der Waals surface area contributed by atoms with Crippen molar-refractivity contribution in [2.45, 2.75) is 40.5 Å². The van der Waals surface area contributed by atoms with E-state index in [1.165, 1.54) is 0 Å². The Bertz CT molecular complexity index is 659. The van der Waals surface area contributed by atoms with Gasteiger partial charge in [-0.25, -0.2) is 0 Å². The fourth-order valence-corrected chi connectivity index (χ4v) is 4.38. The SMILES string of the molecule is CCOC(=O)[C@]12C(=O)Oc3ccccc3[C@H]1C(C)(C)C2(C)C. The molecule has 2 atom stereocenters. The summed E-state index contributed by atoms with van der Waals surface area (Å²) in [4.78, 5) is 25.6. The molecule has 0 bridgehead atoms. The normalized spacial score (nSPS) is 30.4. The van der Waals surface area contributed by atoms with Gasteiger partial charge in [0.1, 0.15) is 5.75 Å². The van der Waals surface area contributed by atoms with Crippen molar-refractivity contribution in [1.29, 1.82) is 0 Å². The van der Waals surface area contributed by atoms with E-state index in [4.69, 9.17) is 9.47 Å². The van der Waals surface area contributed by atoms with Crippen LogP contribution in [0.25, 0.3) is 0 Å². The van der Waals surface area contributed by atoms with E-state index in [1.54, 1.807) is 13.0 Å². The molecule has 0 unspecified atom stereocenters. The van der Waals surface area contributed by atoms with Crippen LogP contribution in [0.4, 0.5) is 0 Å². The molecule has 22 heavy (non-hydrogen) atoms. The molecular formula is C18H22O4. The van der Waals surface area contributed by atoms with E-state index in [0.29, 0.717) is 5.75 Å². The Labute approximate surface area is 130 Å². The zero-order valence-corrected chi connectivity index (χ0v) is 13.7. The van der Waals surface area contributed by atoms with Gasteiger partial charge in [-0.1, -0.05) is 45.9 Å². The molecule has 0 N–H and O–H groups in total. The van der Waals surface area contributed by atoms with E-state index < -0.39 is 22.8 Å². The maximum atomic E-state index is 12.8. The minimum Gasteiger partial charge on any atom is -0.465 e. The maximum absolute atomic E-state index is 12.8. The summed E-state index contributed by atoms with van der Waals surface area (Å²) < 4.78 is 10.8. The number of ether oxygens (including phenoxy) is 2. The van der Waals surface area contributed by atoms with Crippen LogP contribution < -0.4 is 4.74 Å². The molecule has 0 aromatic heterocycles. The van der Waals surface area contributed by atoms with Crippen LogP contribution in [0, 0.1) is 16.2 Å². The molecule has 3 rings (SSSR count). The highest BCUT2D eigenvalue weighted by Crippen LogP contribution is 2.77. The van der Waals surface area contributed by atoms with Gasteiger partial charge in [-0.05, 0) is 23.8 Å². The Morgan fingerprint density at radius 3 is 2.50 bits per heavy atom. The van der Waals surface area contributed by atoms with Gasteiger partial charge in [-0.3, -0.25) is 9.59 Å². The van der Waals surface area contributed by atoms with E-state index in [2.05, 4.69) is 13.8 Å². The molecule has 1 aromatic carbocycles. The highest BCUT2D eigenvalue weighted by atomic mass is 16.6. The van der Waals surface area contributed by atoms with Crippen molar-refractivity contribution in [2.24, 2.45) is 16.2 Å². The van der Waals surface area contributed by atoms with Crippen molar-refractivity contribution in [3.05, 3.63) is 29.8 Å². The van der Waals surface area contributed by atoms with Crippen LogP contribution >= 0.6 is 0 Å². The molecule has 4 heteroatoms. The van der Waals surface area contributed by atoms with E-state index in [9.17, 15) is 9.59 Å². The van der Waals surface area contributed by atoms with Gasteiger partial charge in [-0.2, -0.15) is 0 Å². The summed E-state index contributed by atoms with van der Waals surface area (Å²) in [6, 6.07) is 7.47. The van der Waals surface area contributed by atoms with Crippen molar-refractivity contribution >= 4 is 11.9 Å². The fourth-order valence-electron chi connectivity index (χ4n) is 4.38. The lowest BCUT2D eigenvalue weighted by molar-refractivity contribution is -0.237. The average Bonchev–Trinajstić information content (AvgIpc) is 2.45. The van der Waals surface area contributed by atoms with Crippen LogP contribution in [0.15, 0.2) is 24.3 Å². The third-order valence-corrected chi connectivity index (χ3v) is 6.10. The minimum absolute atomic E-state index is 0.227. The number of carbonyl (C=O) groups excluding carboxylic acids is 2. The Hall–Kier alpha value is -1.84. The molecule has 4 nitrogen and oxygen atoms in total. The molecule has 1 heterocycles. The van der Waals surface area contributed by atoms with Crippen LogP contribution in [0.3, 0.4) is 0 Å². The van der Waals surface area contributed by atoms with Crippen molar-refractivity contribution in [3.63, 3.8) is 0 Å². The average molecular weight is 302 g/mol. The van der Waals surface area contributed by atoms with Gasteiger partial charge in [0.15, 0.2) is 5.41 Å². The van der Waals surface area contributed by atoms with Gasteiger partial charge in [-0.15, -0.1) is 0 Å². The van der Waals surface area contributed by atoms with Gasteiger partial charge in [0.25, 0.3) is 0 Å². The number of fused-ring (bicyclic) bond motifs is 3. The third-order valence-electron chi connectivity index (χ3n) is 6.10. The lowest BCUT2D eigenvalue weighted by Gasteiger charge is -2.70. The van der Waals surface area contributed by atoms with Crippen molar-refractivity contribution in [3.8, 4) is 5.75 Å². The zero-order chi connectivity index (χ0) is 16.3. The van der Waals surface area contributed by atoms with Gasteiger partial charge in [0, 0.05) is 11.5 Å². The molecule has 1 aliphatic carbocycles. The van der Waals surface area contributed by atoms with Gasteiger partial charge in [0.05, 0.1) is 6.61 Å². The Kier molecular flexibility index (Phi) is 2.97. The highest BCUT2D eigenvalue weighted by Gasteiger charge is 2.82. The highest BCUT2D eigenvalue weighted by molar-refractivity contribution is 6.06. The number of hydrogen-bond acceptors (Lipinski definition) is 4. The van der Waals surface area contributed by atoms with E-state index in [-0.39, 0.29) is 17.9 Å². The molecule has 118 valence electrons. The van der Waals surface area contributed by atoms with Crippen molar-refractivity contribution in [2.75, 3.05) is 6.61 Å². The number of benzene rings is 1. The predicted octanol–water partition coefficient (Wildman–Crippen LogP) is 3.30. The van der Waals surface area contributed by atoms with Crippen molar-refractivity contribution < 1.29 is 19.1 Å². The van der Waals surface area contributed by atoms with E-state index >= 15 is 0 Å². The minimum atomic E-state index is -1.26. The summed E-state index contributed by atoms with van der Waals surface area (Å²) in [5, 5.41) is 0. The molecule has 0 amide bonds. The monoisotopic (exact) mass is 302 g/mol. The summed E-state index contributed by atoms with van der Waals surface area (Å²) in [5.41, 5.74) is -1.13. The number of para-hydroxylation sites is 1. The second-order valence-electron chi connectivity index (χ2n) is 7.24. The first-order chi connectivity index (χ1) is 10.2. The molecule has 2 aliphatic rings. The third kappa shape index (κ3) is 1.38. The number of rotatable bonds is 2. The largest absolute Gasteiger partial charge is 0.465 e. The van der Waals surface area contributed by atoms with Crippen LogP contribution in [-0.4, -0.2) is 18.5 Å². The summed E-state index contributed by atoms with van der Waals surface area (Å²) in [6.45, 7) is 10.1. The standard InChI is InChI=1S/C18H22O4/c1-6-21-14(19)18-13(16(2,3)17(18,4)5)11-9-7-8-10-12(11)22-15(18)20/h7-10,13H,6H2,1-5H3/t13-,18-/m0/s1. The van der Waals surface area contributed by atoms with E-state index in [0.717, 1.165) is 5.56 Å². The molecule has 1 fully saturated rings. The first-order valence-corrected chi connectivity index (χ1v) is 7.71. The summed E-state index contributed by atoms with van der Waals surface area (Å²) in [5.74, 6) is -0.629. The molecule has 1 saturated carbocycles. The lowest BCUT2D eigenvalue weighted by Crippen LogP contribution is -2.75. The number of esters is 2. The lowest BCUT2D eigenvalue weighted by atomic mass is 9.31. The second kappa shape index (κ2) is 4.34. The topological polar surface area (TPSA) is 52.6 Å². The van der Waals surface area contributed by atoms with Crippen LogP contribution in [0.2, 0.25) is 0 Å². The van der Waals surface area contributed by atoms with Gasteiger partial charge < -0.3 is 9.47 Å². The zero-order valence-electron chi connectivity index (χ0n) is 13.7. The first-order valence-electron chi connectivity index (χ1n) is 7.71. The molecular weight excluding hydrogens is 280 g/mol. The van der Waals surface area contributed by atoms with Crippen LogP contribution in [-0.2, 0) is 14.3 Å². The molecule has 1 aromatic rings. The Balaban J connectivity index is 2.25. The number of hydrogen-bond donors (Lipinski definition) is 0. The van der Waals surface area contributed by atoms with E-state index in [1.807, 2.05) is 32.0 Å². The quantitative estimate of drug-likeness (QED) is 0.478. The second-order valence-corrected chi connectivity index (χ2v) is 7.24. The number of carbonyl (C=O) groups is 2.